The van der Waals surface area contributed by atoms with Crippen molar-refractivity contribution in [2.75, 3.05) is 19.6 Å². The summed E-state index contributed by atoms with van der Waals surface area (Å²) in [6.45, 7) is 3.66. The van der Waals surface area contributed by atoms with Crippen molar-refractivity contribution in [2.45, 2.75) is 26.2 Å². The molecule has 1 amide bonds. The van der Waals surface area contributed by atoms with Crippen LogP contribution >= 0.6 is 0 Å². The Morgan fingerprint density at radius 3 is 2.81 bits per heavy atom. The van der Waals surface area contributed by atoms with E-state index in [1.54, 1.807) is 4.90 Å². The molecular formula is C11H20N2O3. The molecule has 0 radical (unpaired) electrons. The van der Waals surface area contributed by atoms with Gasteiger partial charge in [-0.05, 0) is 25.3 Å². The van der Waals surface area contributed by atoms with Crippen LogP contribution in [0.5, 0.6) is 0 Å². The molecule has 0 aliphatic carbocycles. The molecule has 1 aliphatic rings. The zero-order valence-corrected chi connectivity index (χ0v) is 9.69. The lowest BCUT2D eigenvalue weighted by Crippen LogP contribution is -2.34. The highest BCUT2D eigenvalue weighted by molar-refractivity contribution is 5.79. The van der Waals surface area contributed by atoms with E-state index in [1.165, 1.54) is 0 Å². The summed E-state index contributed by atoms with van der Waals surface area (Å²) in [6, 6.07) is 0. The highest BCUT2D eigenvalue weighted by Gasteiger charge is 2.29. The van der Waals surface area contributed by atoms with Crippen molar-refractivity contribution < 1.29 is 14.7 Å². The highest BCUT2D eigenvalue weighted by atomic mass is 16.4. The lowest BCUT2D eigenvalue weighted by Gasteiger charge is -2.20. The molecule has 1 heterocycles. The fraction of sp³-hybridized carbons (Fsp3) is 0.818. The Balaban J connectivity index is 2.40. The van der Waals surface area contributed by atoms with Crippen LogP contribution < -0.4 is 5.73 Å². The lowest BCUT2D eigenvalue weighted by molar-refractivity contribution is -0.139. The number of carbonyl (C=O) groups excluding carboxylic acids is 1. The second kappa shape index (κ2) is 5.84. The number of hydrogen-bond acceptors (Lipinski definition) is 3. The largest absolute Gasteiger partial charge is 0.481 e. The normalized spacial score (nSPS) is 22.1. The van der Waals surface area contributed by atoms with Crippen LogP contribution in [0.4, 0.5) is 0 Å². The van der Waals surface area contributed by atoms with Crippen molar-refractivity contribution in [2.24, 2.45) is 17.6 Å². The lowest BCUT2D eigenvalue weighted by atomic mass is 10.1. The molecule has 92 valence electrons. The Kier molecular flexibility index (Phi) is 4.73. The van der Waals surface area contributed by atoms with Gasteiger partial charge < -0.3 is 15.7 Å². The molecule has 0 aromatic rings. The van der Waals surface area contributed by atoms with Gasteiger partial charge in [-0.25, -0.2) is 0 Å². The Labute approximate surface area is 95.6 Å². The number of likely N-dealkylation sites (tertiary alicyclic amines) is 1. The minimum absolute atomic E-state index is 0.0476. The van der Waals surface area contributed by atoms with E-state index in [-0.39, 0.29) is 24.2 Å². The van der Waals surface area contributed by atoms with Gasteiger partial charge in [0.05, 0.1) is 0 Å². The van der Waals surface area contributed by atoms with Gasteiger partial charge in [-0.3, -0.25) is 9.59 Å². The van der Waals surface area contributed by atoms with Gasteiger partial charge in [0.15, 0.2) is 0 Å². The standard InChI is InChI=1S/C11H20N2O3/c1-8(2-4-12)11(16)13-5-3-9(7-13)6-10(14)15/h8-9H,2-7,12H2,1H3,(H,14,15). The van der Waals surface area contributed by atoms with E-state index in [9.17, 15) is 9.59 Å². The third-order valence-corrected chi connectivity index (χ3v) is 3.08. The first-order valence-corrected chi connectivity index (χ1v) is 5.75. The van der Waals surface area contributed by atoms with Crippen LogP contribution in [0.25, 0.3) is 0 Å². The van der Waals surface area contributed by atoms with Crippen LogP contribution in [0, 0.1) is 11.8 Å². The van der Waals surface area contributed by atoms with Crippen molar-refractivity contribution in [1.29, 1.82) is 0 Å². The molecule has 2 atom stereocenters. The zero-order chi connectivity index (χ0) is 12.1. The number of nitrogens with zero attached hydrogens (tertiary/aromatic N) is 1. The quantitative estimate of drug-likeness (QED) is 0.708. The molecule has 0 aromatic carbocycles. The first-order chi connectivity index (χ1) is 7.54. The Bertz CT molecular complexity index is 268. The summed E-state index contributed by atoms with van der Waals surface area (Å²) in [7, 11) is 0. The van der Waals surface area contributed by atoms with Crippen molar-refractivity contribution in [3.8, 4) is 0 Å². The molecule has 1 rings (SSSR count). The fourth-order valence-electron chi connectivity index (χ4n) is 2.13. The number of amides is 1. The maximum atomic E-state index is 11.9. The van der Waals surface area contributed by atoms with Gasteiger partial charge in [0.1, 0.15) is 0 Å². The Morgan fingerprint density at radius 1 is 1.56 bits per heavy atom. The summed E-state index contributed by atoms with van der Waals surface area (Å²) in [5.74, 6) is -0.604. The molecule has 16 heavy (non-hydrogen) atoms. The highest BCUT2D eigenvalue weighted by Crippen LogP contribution is 2.21. The van der Waals surface area contributed by atoms with E-state index < -0.39 is 5.97 Å². The van der Waals surface area contributed by atoms with E-state index >= 15 is 0 Å². The number of aliphatic carboxylic acids is 1. The van der Waals surface area contributed by atoms with Crippen LogP contribution in [-0.4, -0.2) is 41.5 Å². The van der Waals surface area contributed by atoms with Gasteiger partial charge in [-0.1, -0.05) is 6.92 Å². The molecule has 2 unspecified atom stereocenters. The first kappa shape index (κ1) is 13.0. The van der Waals surface area contributed by atoms with Gasteiger partial charge in [-0.15, -0.1) is 0 Å². The van der Waals surface area contributed by atoms with Crippen molar-refractivity contribution >= 4 is 11.9 Å². The number of carboxylic acids is 1. The number of carboxylic acid groups (broad SMARTS) is 1. The van der Waals surface area contributed by atoms with Crippen LogP contribution in [0.15, 0.2) is 0 Å². The van der Waals surface area contributed by atoms with E-state index in [4.69, 9.17) is 10.8 Å². The van der Waals surface area contributed by atoms with Crippen LogP contribution in [0.2, 0.25) is 0 Å². The fourth-order valence-corrected chi connectivity index (χ4v) is 2.13. The summed E-state index contributed by atoms with van der Waals surface area (Å²) in [5.41, 5.74) is 5.41. The SMILES string of the molecule is CC(CCN)C(=O)N1CCC(CC(=O)O)C1. The monoisotopic (exact) mass is 228 g/mol. The van der Waals surface area contributed by atoms with Crippen molar-refractivity contribution in [3.05, 3.63) is 0 Å². The minimum Gasteiger partial charge on any atom is -0.481 e. The molecule has 0 spiro atoms. The summed E-state index contributed by atoms with van der Waals surface area (Å²) in [5, 5.41) is 8.67. The van der Waals surface area contributed by atoms with Crippen LogP contribution in [0.1, 0.15) is 26.2 Å². The molecule has 0 bridgehead atoms. The van der Waals surface area contributed by atoms with E-state index in [0.717, 1.165) is 6.42 Å². The molecule has 0 aromatic heterocycles. The molecule has 1 saturated heterocycles. The summed E-state index contributed by atoms with van der Waals surface area (Å²) in [6.07, 6.45) is 1.65. The third kappa shape index (κ3) is 3.48. The molecule has 0 saturated carbocycles. The first-order valence-electron chi connectivity index (χ1n) is 5.75. The van der Waals surface area contributed by atoms with E-state index in [1.807, 2.05) is 6.92 Å². The van der Waals surface area contributed by atoms with Crippen molar-refractivity contribution in [3.63, 3.8) is 0 Å². The smallest absolute Gasteiger partial charge is 0.303 e. The average molecular weight is 228 g/mol. The van der Waals surface area contributed by atoms with E-state index in [2.05, 4.69) is 0 Å². The number of nitrogens with two attached hydrogens (primary N) is 1. The maximum absolute atomic E-state index is 11.9. The number of rotatable bonds is 5. The molecular weight excluding hydrogens is 208 g/mol. The third-order valence-electron chi connectivity index (χ3n) is 3.08. The predicted molar refractivity (Wildman–Crippen MR) is 59.8 cm³/mol. The van der Waals surface area contributed by atoms with Gasteiger partial charge in [0.2, 0.25) is 5.91 Å². The summed E-state index contributed by atoms with van der Waals surface area (Å²) in [4.78, 5) is 24.2. The molecule has 5 heteroatoms. The number of hydrogen-bond donors (Lipinski definition) is 2. The topological polar surface area (TPSA) is 83.6 Å². The van der Waals surface area contributed by atoms with Gasteiger partial charge in [-0.2, -0.15) is 0 Å². The number of carbonyl (C=O) groups is 2. The zero-order valence-electron chi connectivity index (χ0n) is 9.69. The average Bonchev–Trinajstić information content (AvgIpc) is 2.64. The minimum atomic E-state index is -0.783. The van der Waals surface area contributed by atoms with Gasteiger partial charge in [0, 0.05) is 25.4 Å². The van der Waals surface area contributed by atoms with Gasteiger partial charge in [0.25, 0.3) is 0 Å². The summed E-state index contributed by atoms with van der Waals surface area (Å²) < 4.78 is 0. The Hall–Kier alpha value is -1.10. The van der Waals surface area contributed by atoms with Crippen LogP contribution in [0.3, 0.4) is 0 Å². The summed E-state index contributed by atoms with van der Waals surface area (Å²) >= 11 is 0. The van der Waals surface area contributed by atoms with Crippen LogP contribution in [-0.2, 0) is 9.59 Å². The Morgan fingerprint density at radius 2 is 2.25 bits per heavy atom. The second-order valence-electron chi connectivity index (χ2n) is 4.52. The maximum Gasteiger partial charge on any atom is 0.303 e. The second-order valence-corrected chi connectivity index (χ2v) is 4.52. The van der Waals surface area contributed by atoms with Gasteiger partial charge >= 0.3 is 5.97 Å². The molecule has 1 aliphatic heterocycles. The van der Waals surface area contributed by atoms with E-state index in [0.29, 0.717) is 26.1 Å². The predicted octanol–water partition coefficient (Wildman–Crippen LogP) is 0.295. The van der Waals surface area contributed by atoms with Crippen molar-refractivity contribution in [1.82, 2.24) is 4.90 Å². The molecule has 1 fully saturated rings. The molecule has 3 N–H and O–H groups in total. The molecule has 5 nitrogen and oxygen atoms in total.